The lowest BCUT2D eigenvalue weighted by molar-refractivity contribution is -0.347. The molecule has 0 aromatic heterocycles. The number of rotatable bonds is 4. The average Bonchev–Trinajstić information content (AvgIpc) is 3.11. The fourth-order valence-corrected chi connectivity index (χ4v) is 6.67. The van der Waals surface area contributed by atoms with Gasteiger partial charge in [-0.1, -0.05) is 20.8 Å². The zero-order chi connectivity index (χ0) is 23.5. The van der Waals surface area contributed by atoms with E-state index in [1.165, 1.54) is 0 Å². The van der Waals surface area contributed by atoms with Crippen molar-refractivity contribution in [3.63, 3.8) is 0 Å². The fraction of sp³-hybridized carbons (Fsp3) is 0.900. The van der Waals surface area contributed by atoms with Crippen LogP contribution in [0.3, 0.4) is 0 Å². The van der Waals surface area contributed by atoms with Crippen molar-refractivity contribution >= 4 is 20.3 Å². The Hall–Kier alpha value is -1.08. The van der Waals surface area contributed by atoms with Crippen molar-refractivity contribution in [2.45, 2.75) is 93.2 Å². The maximum atomic E-state index is 13.6. The summed E-state index contributed by atoms with van der Waals surface area (Å²) < 4.78 is 35.5. The lowest BCUT2D eigenvalue weighted by atomic mass is 9.59. The summed E-state index contributed by atoms with van der Waals surface area (Å²) in [5.41, 5.74) is -8.78. The molecule has 0 aromatic rings. The van der Waals surface area contributed by atoms with Crippen molar-refractivity contribution in [3.05, 3.63) is 0 Å². The van der Waals surface area contributed by atoms with Gasteiger partial charge in [0.05, 0.1) is 20.3 Å². The molecule has 2 bridgehead atoms. The summed E-state index contributed by atoms with van der Waals surface area (Å²) >= 11 is 0. The largest absolute Gasteiger partial charge is 0.467 e. The molecule has 4 rings (SSSR count). The van der Waals surface area contributed by atoms with Crippen LogP contribution in [-0.4, -0.2) is 91.2 Å². The van der Waals surface area contributed by atoms with Gasteiger partial charge in [0.1, 0.15) is 6.10 Å². The molecule has 1 spiro atoms. The second kappa shape index (κ2) is 6.07. The Labute approximate surface area is 182 Å². The van der Waals surface area contributed by atoms with Gasteiger partial charge in [-0.15, -0.1) is 0 Å². The van der Waals surface area contributed by atoms with E-state index in [4.69, 9.17) is 28.1 Å². The Morgan fingerprint density at radius 1 is 1.26 bits per heavy atom. The molecular weight excluding hydrogens is 428 g/mol. The summed E-state index contributed by atoms with van der Waals surface area (Å²) in [6.07, 6.45) is -2.20. The maximum Gasteiger partial charge on any atom is 0.345 e. The molecule has 4 heterocycles. The van der Waals surface area contributed by atoms with Crippen molar-refractivity contribution in [3.8, 4) is 0 Å². The van der Waals surface area contributed by atoms with Crippen LogP contribution in [0.5, 0.6) is 0 Å². The van der Waals surface area contributed by atoms with E-state index in [0.717, 1.165) is 7.11 Å². The zero-order valence-corrected chi connectivity index (χ0v) is 20.2. The molecule has 0 aromatic carbocycles. The monoisotopic (exact) mass is 460 g/mol. The van der Waals surface area contributed by atoms with Crippen LogP contribution < -0.4 is 0 Å². The van der Waals surface area contributed by atoms with Gasteiger partial charge in [0.25, 0.3) is 0 Å². The number of carbonyl (C=O) groups excluding carboxylic acids is 2. The van der Waals surface area contributed by atoms with Gasteiger partial charge in [0.15, 0.2) is 31.4 Å². The molecule has 4 saturated heterocycles. The molecule has 10 nitrogen and oxygen atoms in total. The summed E-state index contributed by atoms with van der Waals surface area (Å²) in [5, 5.41) is 22.0. The first kappa shape index (κ1) is 23.1. The molecule has 0 aliphatic carbocycles. The van der Waals surface area contributed by atoms with Crippen LogP contribution in [0, 0.1) is 0 Å². The molecule has 0 radical (unpaired) electrons. The lowest BCUT2D eigenvalue weighted by Crippen LogP contribution is -2.84. The van der Waals surface area contributed by atoms with E-state index >= 15 is 0 Å². The Bertz CT molecular complexity index is 836. The second-order valence-corrected chi connectivity index (χ2v) is 15.6. The number of methoxy groups -OCH3 is 1. The number of aliphatic hydroxyl groups is 2. The highest BCUT2D eigenvalue weighted by Gasteiger charge is 3.00. The van der Waals surface area contributed by atoms with Gasteiger partial charge in [-0.25, -0.2) is 9.59 Å². The molecule has 4 fully saturated rings. The third-order valence-corrected chi connectivity index (χ3v) is 12.2. The summed E-state index contributed by atoms with van der Waals surface area (Å²) in [6, 6.07) is 0. The van der Waals surface area contributed by atoms with E-state index in [0.29, 0.717) is 0 Å². The van der Waals surface area contributed by atoms with Crippen LogP contribution in [0.25, 0.3) is 0 Å². The van der Waals surface area contributed by atoms with Gasteiger partial charge in [-0.05, 0) is 32.0 Å². The van der Waals surface area contributed by atoms with Crippen molar-refractivity contribution in [2.24, 2.45) is 0 Å². The van der Waals surface area contributed by atoms with Crippen LogP contribution in [0.2, 0.25) is 18.1 Å². The molecule has 176 valence electrons. The van der Waals surface area contributed by atoms with E-state index in [2.05, 4.69) is 0 Å². The Balaban J connectivity index is 2.04. The number of fused-ring (bicyclic) bond motifs is 1. The van der Waals surface area contributed by atoms with Gasteiger partial charge < -0.3 is 38.3 Å². The first-order valence-corrected chi connectivity index (χ1v) is 13.3. The number of hydrogen-bond acceptors (Lipinski definition) is 10. The lowest BCUT2D eigenvalue weighted by Gasteiger charge is -2.56. The Morgan fingerprint density at radius 3 is 2.39 bits per heavy atom. The highest BCUT2D eigenvalue weighted by atomic mass is 28.4. The average molecular weight is 461 g/mol. The Kier molecular flexibility index (Phi) is 4.52. The molecule has 4 aliphatic heterocycles. The molecular formula is C20H32O10Si. The SMILES string of the molecule is COC(=O)[C@]1(O[Si](C)(C)C(C)(C)C)[C@]2(O)C(=O)O[C@@H]3[C@H]4OC(C)(C)OC[C@@]41O[C@@]32CO. The van der Waals surface area contributed by atoms with Crippen molar-refractivity contribution in [1.29, 1.82) is 0 Å². The summed E-state index contributed by atoms with van der Waals surface area (Å²) in [4.78, 5) is 26.8. The van der Waals surface area contributed by atoms with Crippen molar-refractivity contribution in [2.75, 3.05) is 20.3 Å². The standard InChI is InChI=1S/C20H32O10Si/c1-15(2,3)31(7,8)30-20(14(23)25-6)18-10-26-16(4,5)28-12(18)11-17(9-21,29-18)19(20,24)13(22)27-11/h11-12,21,24H,9-10H2,1-8H3/t11-,12-,17+,18-,19+,20-/m1/s1. The number of carbonyl (C=O) groups is 2. The minimum atomic E-state index is -2.88. The first-order chi connectivity index (χ1) is 14.0. The normalized spacial score (nSPS) is 45.4. The fourth-order valence-electron chi connectivity index (χ4n) is 5.19. The van der Waals surface area contributed by atoms with Crippen LogP contribution >= 0.6 is 0 Å². The Morgan fingerprint density at radius 2 is 1.87 bits per heavy atom. The van der Waals surface area contributed by atoms with E-state index in [-0.39, 0.29) is 6.61 Å². The van der Waals surface area contributed by atoms with Crippen LogP contribution in [0.1, 0.15) is 34.6 Å². The molecule has 0 saturated carbocycles. The topological polar surface area (TPSA) is 130 Å². The molecule has 6 atom stereocenters. The molecule has 11 heteroatoms. The maximum absolute atomic E-state index is 13.6. The van der Waals surface area contributed by atoms with Gasteiger partial charge in [-0.3, -0.25) is 0 Å². The van der Waals surface area contributed by atoms with Crippen molar-refractivity contribution < 1.29 is 47.9 Å². The number of hydrogen-bond donors (Lipinski definition) is 2. The molecule has 4 aliphatic rings. The summed E-state index contributed by atoms with van der Waals surface area (Å²) in [7, 11) is -1.74. The highest BCUT2D eigenvalue weighted by molar-refractivity contribution is 6.74. The highest BCUT2D eigenvalue weighted by Crippen LogP contribution is 2.70. The smallest absolute Gasteiger partial charge is 0.345 e. The summed E-state index contributed by atoms with van der Waals surface area (Å²) in [5.74, 6) is -3.22. The summed E-state index contributed by atoms with van der Waals surface area (Å²) in [6.45, 7) is 11.9. The van der Waals surface area contributed by atoms with E-state index in [9.17, 15) is 19.8 Å². The predicted octanol–water partition coefficient (Wildman–Crippen LogP) is 0.242. The van der Waals surface area contributed by atoms with Crippen molar-refractivity contribution in [1.82, 2.24) is 0 Å². The minimum absolute atomic E-state index is 0.244. The minimum Gasteiger partial charge on any atom is -0.467 e. The number of ether oxygens (including phenoxy) is 5. The van der Waals surface area contributed by atoms with Gasteiger partial charge in [0, 0.05) is 0 Å². The molecule has 31 heavy (non-hydrogen) atoms. The molecule has 0 amide bonds. The first-order valence-electron chi connectivity index (χ1n) is 10.4. The van der Waals surface area contributed by atoms with E-state index in [1.54, 1.807) is 13.8 Å². The molecule has 0 unspecified atom stereocenters. The third-order valence-electron chi connectivity index (χ3n) is 7.77. The zero-order valence-electron chi connectivity index (χ0n) is 19.2. The number of aliphatic hydroxyl groups excluding tert-OH is 1. The van der Waals surface area contributed by atoms with Crippen LogP contribution in [-0.2, 0) is 37.7 Å². The third kappa shape index (κ3) is 2.28. The molecule has 2 N–H and O–H groups in total. The van der Waals surface area contributed by atoms with Crippen LogP contribution in [0.4, 0.5) is 0 Å². The van der Waals surface area contributed by atoms with Gasteiger partial charge in [-0.2, -0.15) is 0 Å². The van der Waals surface area contributed by atoms with E-state index in [1.807, 2.05) is 33.9 Å². The predicted molar refractivity (Wildman–Crippen MR) is 106 cm³/mol. The van der Waals surface area contributed by atoms with Gasteiger partial charge in [0.2, 0.25) is 11.2 Å². The quantitative estimate of drug-likeness (QED) is 0.444. The van der Waals surface area contributed by atoms with E-state index < -0.39 is 72.3 Å². The van der Waals surface area contributed by atoms with Gasteiger partial charge >= 0.3 is 11.9 Å². The second-order valence-electron chi connectivity index (χ2n) is 10.8. The van der Waals surface area contributed by atoms with Crippen LogP contribution in [0.15, 0.2) is 0 Å². The number of esters is 2.